The maximum Gasteiger partial charge on any atom is 0.175 e. The number of oxime groups is 1. The van der Waals surface area contributed by atoms with E-state index in [0.717, 1.165) is 26.1 Å². The van der Waals surface area contributed by atoms with E-state index in [1.807, 2.05) is 11.9 Å². The Balaban J connectivity index is 2.21. The van der Waals surface area contributed by atoms with Crippen LogP contribution in [0.5, 0.6) is 0 Å². The minimum atomic E-state index is -0.479. The van der Waals surface area contributed by atoms with Crippen molar-refractivity contribution in [1.29, 1.82) is 0 Å². The monoisotopic (exact) mass is 280 g/mol. The molecule has 6 heteroatoms. The first-order valence-corrected chi connectivity index (χ1v) is 6.69. The molecular weight excluding hydrogens is 259 g/mol. The summed E-state index contributed by atoms with van der Waals surface area (Å²) < 4.78 is 13.9. The number of benzene rings is 1. The SMILES string of the molecule is CN1CCC(CN(C)c2cccc(F)c2C(N)=NO)C1. The molecule has 2 rings (SSSR count). The molecule has 110 valence electrons. The van der Waals surface area contributed by atoms with Gasteiger partial charge >= 0.3 is 0 Å². The molecule has 20 heavy (non-hydrogen) atoms. The Morgan fingerprint density at radius 2 is 2.35 bits per heavy atom. The van der Waals surface area contributed by atoms with Gasteiger partial charge in [-0.15, -0.1) is 0 Å². The second kappa shape index (κ2) is 6.09. The zero-order valence-electron chi connectivity index (χ0n) is 11.9. The van der Waals surface area contributed by atoms with Gasteiger partial charge in [0.1, 0.15) is 5.82 Å². The van der Waals surface area contributed by atoms with E-state index in [4.69, 9.17) is 10.9 Å². The summed E-state index contributed by atoms with van der Waals surface area (Å²) >= 11 is 0. The fourth-order valence-corrected chi connectivity index (χ4v) is 2.80. The summed E-state index contributed by atoms with van der Waals surface area (Å²) in [5.41, 5.74) is 6.39. The summed E-state index contributed by atoms with van der Waals surface area (Å²) in [6.07, 6.45) is 1.13. The van der Waals surface area contributed by atoms with Gasteiger partial charge in [-0.2, -0.15) is 0 Å². The van der Waals surface area contributed by atoms with E-state index in [2.05, 4.69) is 17.1 Å². The highest BCUT2D eigenvalue weighted by molar-refractivity contribution is 6.02. The Hall–Kier alpha value is -1.82. The summed E-state index contributed by atoms with van der Waals surface area (Å²) in [5, 5.41) is 11.7. The Bertz CT molecular complexity index is 506. The molecule has 1 aromatic rings. The van der Waals surface area contributed by atoms with Gasteiger partial charge in [0.05, 0.1) is 11.3 Å². The van der Waals surface area contributed by atoms with Crippen molar-refractivity contribution in [2.24, 2.45) is 16.8 Å². The molecule has 0 radical (unpaired) electrons. The van der Waals surface area contributed by atoms with Crippen LogP contribution in [0.25, 0.3) is 0 Å². The third-order valence-electron chi connectivity index (χ3n) is 3.79. The maximum absolute atomic E-state index is 13.9. The fourth-order valence-electron chi connectivity index (χ4n) is 2.80. The van der Waals surface area contributed by atoms with Gasteiger partial charge in [0.2, 0.25) is 0 Å². The van der Waals surface area contributed by atoms with Crippen LogP contribution in [0.3, 0.4) is 0 Å². The first kappa shape index (κ1) is 14.6. The van der Waals surface area contributed by atoms with Crippen LogP contribution in [0.2, 0.25) is 0 Å². The van der Waals surface area contributed by atoms with E-state index in [-0.39, 0.29) is 11.4 Å². The van der Waals surface area contributed by atoms with Crippen LogP contribution >= 0.6 is 0 Å². The van der Waals surface area contributed by atoms with Gasteiger partial charge in [-0.05, 0) is 38.1 Å². The molecule has 0 spiro atoms. The predicted octanol–water partition coefficient (Wildman–Crippen LogP) is 1.31. The van der Waals surface area contributed by atoms with Gasteiger partial charge in [-0.3, -0.25) is 0 Å². The zero-order valence-corrected chi connectivity index (χ0v) is 11.9. The highest BCUT2D eigenvalue weighted by atomic mass is 19.1. The lowest BCUT2D eigenvalue weighted by atomic mass is 10.1. The van der Waals surface area contributed by atoms with E-state index in [9.17, 15) is 4.39 Å². The minimum absolute atomic E-state index is 0.156. The zero-order chi connectivity index (χ0) is 14.7. The average molecular weight is 280 g/mol. The second-order valence-corrected chi connectivity index (χ2v) is 5.42. The predicted molar refractivity (Wildman–Crippen MR) is 77.8 cm³/mol. The third-order valence-corrected chi connectivity index (χ3v) is 3.79. The first-order chi connectivity index (χ1) is 9.52. The van der Waals surface area contributed by atoms with E-state index < -0.39 is 5.82 Å². The molecule has 1 atom stereocenters. The fraction of sp³-hybridized carbons (Fsp3) is 0.500. The highest BCUT2D eigenvalue weighted by Gasteiger charge is 2.23. The van der Waals surface area contributed by atoms with Crippen molar-refractivity contribution >= 4 is 11.5 Å². The van der Waals surface area contributed by atoms with Crippen molar-refractivity contribution < 1.29 is 9.60 Å². The van der Waals surface area contributed by atoms with Gasteiger partial charge in [0.15, 0.2) is 5.84 Å². The van der Waals surface area contributed by atoms with Crippen molar-refractivity contribution in [3.8, 4) is 0 Å². The summed E-state index contributed by atoms with van der Waals surface area (Å²) in [5.74, 6) is -0.130. The van der Waals surface area contributed by atoms with Crippen molar-refractivity contribution in [2.45, 2.75) is 6.42 Å². The number of hydrogen-bond donors (Lipinski definition) is 2. The van der Waals surface area contributed by atoms with Crippen LogP contribution in [0.15, 0.2) is 23.4 Å². The highest BCUT2D eigenvalue weighted by Crippen LogP contribution is 2.25. The van der Waals surface area contributed by atoms with Crippen molar-refractivity contribution in [1.82, 2.24) is 4.90 Å². The first-order valence-electron chi connectivity index (χ1n) is 6.69. The molecule has 1 fully saturated rings. The molecule has 0 aromatic heterocycles. The molecule has 0 saturated carbocycles. The van der Waals surface area contributed by atoms with Crippen LogP contribution < -0.4 is 10.6 Å². The molecule has 1 saturated heterocycles. The van der Waals surface area contributed by atoms with Crippen molar-refractivity contribution in [3.63, 3.8) is 0 Å². The normalized spacial score (nSPS) is 20.4. The number of nitrogens with zero attached hydrogens (tertiary/aromatic N) is 3. The largest absolute Gasteiger partial charge is 0.409 e. The lowest BCUT2D eigenvalue weighted by Crippen LogP contribution is -2.30. The maximum atomic E-state index is 13.9. The van der Waals surface area contributed by atoms with E-state index >= 15 is 0 Å². The van der Waals surface area contributed by atoms with E-state index in [0.29, 0.717) is 11.6 Å². The van der Waals surface area contributed by atoms with Gasteiger partial charge < -0.3 is 20.7 Å². The number of likely N-dealkylation sites (tertiary alicyclic amines) is 1. The van der Waals surface area contributed by atoms with Gasteiger partial charge in [0.25, 0.3) is 0 Å². The van der Waals surface area contributed by atoms with Gasteiger partial charge in [-0.1, -0.05) is 11.2 Å². The molecule has 0 bridgehead atoms. The molecule has 3 N–H and O–H groups in total. The summed E-state index contributed by atoms with van der Waals surface area (Å²) in [7, 11) is 4.01. The van der Waals surface area contributed by atoms with E-state index in [1.165, 1.54) is 6.07 Å². The number of anilines is 1. The lowest BCUT2D eigenvalue weighted by molar-refractivity contribution is 0.318. The molecule has 0 aliphatic carbocycles. The second-order valence-electron chi connectivity index (χ2n) is 5.42. The topological polar surface area (TPSA) is 65.1 Å². The molecule has 1 aliphatic rings. The summed E-state index contributed by atoms with van der Waals surface area (Å²) in [4.78, 5) is 4.26. The van der Waals surface area contributed by atoms with Crippen LogP contribution in [-0.4, -0.2) is 49.7 Å². The average Bonchev–Trinajstić information content (AvgIpc) is 2.83. The number of hydrogen-bond acceptors (Lipinski definition) is 4. The molecule has 0 amide bonds. The number of amidine groups is 1. The van der Waals surface area contributed by atoms with Crippen LogP contribution in [-0.2, 0) is 0 Å². The van der Waals surface area contributed by atoms with Gasteiger partial charge in [0, 0.05) is 20.1 Å². The van der Waals surface area contributed by atoms with Crippen LogP contribution in [0.4, 0.5) is 10.1 Å². The third kappa shape index (κ3) is 3.01. The Labute approximate surface area is 118 Å². The quantitative estimate of drug-likeness (QED) is 0.378. The minimum Gasteiger partial charge on any atom is -0.409 e. The van der Waals surface area contributed by atoms with Crippen molar-refractivity contribution in [2.75, 3.05) is 38.6 Å². The Kier molecular flexibility index (Phi) is 4.44. The molecular formula is C14H21FN4O. The van der Waals surface area contributed by atoms with Gasteiger partial charge in [-0.25, -0.2) is 4.39 Å². The number of nitrogens with two attached hydrogens (primary N) is 1. The van der Waals surface area contributed by atoms with Crippen molar-refractivity contribution in [3.05, 3.63) is 29.6 Å². The number of rotatable bonds is 4. The summed E-state index contributed by atoms with van der Waals surface area (Å²) in [6, 6.07) is 4.74. The standard InChI is InChI=1S/C14H21FN4O/c1-18-7-6-10(8-18)9-19(2)12-5-3-4-11(15)13(12)14(16)17-20/h3-5,10,20H,6-9H2,1-2H3,(H2,16,17). The molecule has 1 heterocycles. The Morgan fingerprint density at radius 3 is 2.95 bits per heavy atom. The molecule has 5 nitrogen and oxygen atoms in total. The van der Waals surface area contributed by atoms with Crippen LogP contribution in [0, 0.1) is 11.7 Å². The molecule has 1 aliphatic heterocycles. The van der Waals surface area contributed by atoms with Crippen LogP contribution in [0.1, 0.15) is 12.0 Å². The lowest BCUT2D eigenvalue weighted by Gasteiger charge is -2.25. The smallest absolute Gasteiger partial charge is 0.175 e. The van der Waals surface area contributed by atoms with E-state index in [1.54, 1.807) is 12.1 Å². The molecule has 1 unspecified atom stereocenters. The summed E-state index contributed by atoms with van der Waals surface area (Å²) in [6.45, 7) is 2.95. The number of halogens is 1. The molecule has 1 aromatic carbocycles. The Morgan fingerprint density at radius 1 is 1.60 bits per heavy atom.